The van der Waals surface area contributed by atoms with Gasteiger partial charge in [0.15, 0.2) is 12.2 Å². The van der Waals surface area contributed by atoms with Gasteiger partial charge >= 0.3 is 39.5 Å². The molecular weight excluding hydrogens is 1370 g/mol. The number of unbranched alkanes of at least 4 members (excludes halogenated alkanes) is 58. The fourth-order valence-corrected chi connectivity index (χ4v) is 15.1. The Morgan fingerprint density at radius 3 is 0.648 bits per heavy atom. The van der Waals surface area contributed by atoms with Gasteiger partial charge in [0, 0.05) is 25.7 Å². The molecule has 0 aromatic carbocycles. The second-order valence-electron chi connectivity index (χ2n) is 31.4. The maximum Gasteiger partial charge on any atom is 0.472 e. The van der Waals surface area contributed by atoms with Crippen molar-refractivity contribution in [2.75, 3.05) is 39.6 Å². The summed E-state index contributed by atoms with van der Waals surface area (Å²) in [7, 11) is -9.92. The number of phosphoric acid groups is 2. The molecule has 105 heavy (non-hydrogen) atoms. The molecule has 0 saturated heterocycles. The van der Waals surface area contributed by atoms with Gasteiger partial charge in [0.2, 0.25) is 0 Å². The highest BCUT2D eigenvalue weighted by Crippen LogP contribution is 2.45. The van der Waals surface area contributed by atoms with Crippen molar-refractivity contribution < 1.29 is 80.2 Å². The Balaban J connectivity index is 5.17. The first-order chi connectivity index (χ1) is 51.0. The van der Waals surface area contributed by atoms with E-state index in [1.54, 1.807) is 0 Å². The lowest BCUT2D eigenvalue weighted by atomic mass is 10.0. The number of hydrogen-bond acceptors (Lipinski definition) is 15. The second-order valence-corrected chi connectivity index (χ2v) is 34.3. The van der Waals surface area contributed by atoms with Crippen LogP contribution in [0, 0.1) is 5.92 Å². The van der Waals surface area contributed by atoms with E-state index < -0.39 is 97.5 Å². The molecule has 3 N–H and O–H groups in total. The number of phosphoric ester groups is 2. The molecule has 0 amide bonds. The fraction of sp³-hybridized carbons (Fsp3) is 0.953. The Hall–Kier alpha value is -1.94. The SMILES string of the molecule is CCCCCCCCCCCCCCCCCCCCCCCCC(=O)OC[C@H](COP(=O)(O)OC[C@@H](O)COP(=O)(O)OC[C@@H](COC(=O)CCCCCCCCCCCC)OC(=O)CCCCCCCCCCC(C)C)OC(=O)CCCCCCCCCCCCCCCCCCCCCCCC. The summed E-state index contributed by atoms with van der Waals surface area (Å²) in [5.41, 5.74) is 0. The van der Waals surface area contributed by atoms with Gasteiger partial charge in [-0.3, -0.25) is 37.3 Å². The van der Waals surface area contributed by atoms with Crippen LogP contribution in [0.1, 0.15) is 465 Å². The molecule has 17 nitrogen and oxygen atoms in total. The molecule has 0 spiro atoms. The Kier molecular flexibility index (Phi) is 77.3. The summed E-state index contributed by atoms with van der Waals surface area (Å²) in [6, 6.07) is 0. The summed E-state index contributed by atoms with van der Waals surface area (Å²) in [4.78, 5) is 73.1. The summed E-state index contributed by atoms with van der Waals surface area (Å²) in [6.45, 7) is 7.29. The average Bonchev–Trinajstić information content (AvgIpc) is 0.907. The molecule has 0 heterocycles. The van der Waals surface area contributed by atoms with E-state index in [4.69, 9.17) is 37.0 Å². The lowest BCUT2D eigenvalue weighted by Gasteiger charge is -2.21. The van der Waals surface area contributed by atoms with Crippen LogP contribution in [0.25, 0.3) is 0 Å². The summed E-state index contributed by atoms with van der Waals surface area (Å²) < 4.78 is 68.8. The molecule has 0 aromatic heterocycles. The number of aliphatic hydroxyl groups is 1. The van der Waals surface area contributed by atoms with E-state index in [2.05, 4.69) is 34.6 Å². The first kappa shape index (κ1) is 103. The van der Waals surface area contributed by atoms with Crippen molar-refractivity contribution in [3.05, 3.63) is 0 Å². The van der Waals surface area contributed by atoms with Gasteiger partial charge in [-0.05, 0) is 31.6 Å². The number of rotatable bonds is 86. The fourth-order valence-electron chi connectivity index (χ4n) is 13.5. The number of hydrogen-bond donors (Lipinski definition) is 3. The summed E-state index contributed by atoms with van der Waals surface area (Å²) in [5, 5.41) is 10.7. The Bertz CT molecular complexity index is 2000. The van der Waals surface area contributed by atoms with Crippen molar-refractivity contribution in [1.29, 1.82) is 0 Å². The number of esters is 4. The van der Waals surface area contributed by atoms with E-state index in [1.165, 1.54) is 289 Å². The first-order valence-corrected chi connectivity index (χ1v) is 47.6. The zero-order valence-corrected chi connectivity index (χ0v) is 70.7. The second kappa shape index (κ2) is 78.7. The molecule has 5 atom stereocenters. The first-order valence-electron chi connectivity index (χ1n) is 44.6. The number of aliphatic hydroxyl groups excluding tert-OH is 1. The molecule has 0 fully saturated rings. The van der Waals surface area contributed by atoms with Crippen molar-refractivity contribution >= 4 is 39.5 Å². The smallest absolute Gasteiger partial charge is 0.462 e. The molecule has 0 aliphatic heterocycles. The van der Waals surface area contributed by atoms with Crippen LogP contribution in [0.15, 0.2) is 0 Å². The van der Waals surface area contributed by atoms with E-state index in [0.29, 0.717) is 25.7 Å². The van der Waals surface area contributed by atoms with E-state index in [-0.39, 0.29) is 25.7 Å². The number of ether oxygens (including phenoxy) is 4. The average molecular weight is 1540 g/mol. The van der Waals surface area contributed by atoms with Crippen LogP contribution in [0.4, 0.5) is 0 Å². The Morgan fingerprint density at radius 2 is 0.438 bits per heavy atom. The molecule has 624 valence electrons. The van der Waals surface area contributed by atoms with Crippen LogP contribution in [0.2, 0.25) is 0 Å². The molecule has 0 rings (SSSR count). The predicted molar refractivity (Wildman–Crippen MR) is 432 cm³/mol. The number of carbonyl (C=O) groups excluding carboxylic acids is 4. The molecular formula is C86H168O17P2. The minimum absolute atomic E-state index is 0.105. The van der Waals surface area contributed by atoms with Crippen LogP contribution < -0.4 is 0 Å². The number of carbonyl (C=O) groups is 4. The van der Waals surface area contributed by atoms with Gasteiger partial charge < -0.3 is 33.8 Å². The third-order valence-electron chi connectivity index (χ3n) is 20.3. The van der Waals surface area contributed by atoms with E-state index >= 15 is 0 Å². The molecule has 0 aliphatic rings. The van der Waals surface area contributed by atoms with Crippen LogP contribution in [0.3, 0.4) is 0 Å². The van der Waals surface area contributed by atoms with Gasteiger partial charge in [0.05, 0.1) is 26.4 Å². The standard InChI is InChI=1S/C86H168O17P2/c1-6-9-12-15-18-21-24-26-28-30-32-34-36-38-40-42-44-46-49-55-60-65-70-84(89)97-75-81(102-85(90)71-66-61-56-50-47-45-43-41-39-37-35-33-31-29-27-25-22-19-16-13-10-7-2)77-100-104(92,93)98-73-80(87)74-99-105(94,95)101-78-82(76-96-83(88)69-64-59-54-48-23-20-17-14-11-8-3)103-86(91)72-67-62-57-52-51-53-58-63-68-79(4)5/h79-82,87H,6-78H2,1-5H3,(H,92,93)(H,94,95)/t80-,81-,82-/m1/s1. The molecule has 0 bridgehead atoms. The van der Waals surface area contributed by atoms with Crippen LogP contribution in [-0.4, -0.2) is 96.7 Å². The molecule has 0 aromatic rings. The lowest BCUT2D eigenvalue weighted by molar-refractivity contribution is -0.161. The maximum absolute atomic E-state index is 13.1. The predicted octanol–water partition coefficient (Wildman–Crippen LogP) is 26.4. The van der Waals surface area contributed by atoms with Crippen molar-refractivity contribution in [2.45, 2.75) is 483 Å². The monoisotopic (exact) mass is 1540 g/mol. The highest BCUT2D eigenvalue weighted by atomic mass is 31.2. The van der Waals surface area contributed by atoms with Crippen molar-refractivity contribution in [3.63, 3.8) is 0 Å². The van der Waals surface area contributed by atoms with Crippen molar-refractivity contribution in [1.82, 2.24) is 0 Å². The molecule has 2 unspecified atom stereocenters. The third-order valence-corrected chi connectivity index (χ3v) is 22.2. The summed E-state index contributed by atoms with van der Waals surface area (Å²) in [6.07, 6.45) is 72.6. The minimum atomic E-state index is -4.96. The normalized spacial score (nSPS) is 13.8. The van der Waals surface area contributed by atoms with E-state index in [0.717, 1.165) is 95.8 Å². The van der Waals surface area contributed by atoms with E-state index in [9.17, 15) is 43.2 Å². The molecule has 0 aliphatic carbocycles. The van der Waals surface area contributed by atoms with Gasteiger partial charge in [0.1, 0.15) is 19.3 Å². The third kappa shape index (κ3) is 79.9. The van der Waals surface area contributed by atoms with Crippen molar-refractivity contribution in [3.8, 4) is 0 Å². The Morgan fingerprint density at radius 1 is 0.257 bits per heavy atom. The zero-order valence-electron chi connectivity index (χ0n) is 68.9. The molecule has 19 heteroatoms. The zero-order chi connectivity index (χ0) is 76.9. The molecule has 0 radical (unpaired) electrons. The summed E-state index contributed by atoms with van der Waals surface area (Å²) >= 11 is 0. The van der Waals surface area contributed by atoms with Crippen LogP contribution in [-0.2, 0) is 65.4 Å². The van der Waals surface area contributed by atoms with Crippen LogP contribution in [0.5, 0.6) is 0 Å². The quantitative estimate of drug-likeness (QED) is 0.0222. The van der Waals surface area contributed by atoms with Gasteiger partial charge in [-0.2, -0.15) is 0 Å². The van der Waals surface area contributed by atoms with Gasteiger partial charge in [-0.1, -0.05) is 413 Å². The van der Waals surface area contributed by atoms with E-state index in [1.807, 2.05) is 0 Å². The lowest BCUT2D eigenvalue weighted by Crippen LogP contribution is -2.30. The highest BCUT2D eigenvalue weighted by Gasteiger charge is 2.30. The molecule has 0 saturated carbocycles. The largest absolute Gasteiger partial charge is 0.472 e. The van der Waals surface area contributed by atoms with Gasteiger partial charge in [-0.25, -0.2) is 9.13 Å². The van der Waals surface area contributed by atoms with Crippen LogP contribution >= 0.6 is 15.6 Å². The highest BCUT2D eigenvalue weighted by molar-refractivity contribution is 7.47. The summed E-state index contributed by atoms with van der Waals surface area (Å²) in [5.74, 6) is -1.39. The van der Waals surface area contributed by atoms with Gasteiger partial charge in [0.25, 0.3) is 0 Å². The topological polar surface area (TPSA) is 237 Å². The minimum Gasteiger partial charge on any atom is -0.462 e. The maximum atomic E-state index is 13.1. The van der Waals surface area contributed by atoms with Gasteiger partial charge in [-0.15, -0.1) is 0 Å². The Labute approximate surface area is 645 Å². The van der Waals surface area contributed by atoms with Crippen molar-refractivity contribution in [2.24, 2.45) is 5.92 Å².